The van der Waals surface area contributed by atoms with E-state index < -0.39 is 11.9 Å². The van der Waals surface area contributed by atoms with Gasteiger partial charge in [0, 0.05) is 23.8 Å². The average molecular weight is 397 g/mol. The Bertz CT molecular complexity index is 863. The van der Waals surface area contributed by atoms with Crippen molar-refractivity contribution in [3.05, 3.63) is 65.2 Å². The van der Waals surface area contributed by atoms with E-state index in [0.29, 0.717) is 17.7 Å². The molecule has 0 heterocycles. The zero-order valence-corrected chi connectivity index (χ0v) is 16.9. The molecule has 1 atom stereocenters. The molecule has 0 saturated heterocycles. The summed E-state index contributed by atoms with van der Waals surface area (Å²) in [5, 5.41) is 17.5. The number of anilines is 1. The number of aliphatic carboxylic acids is 1. The lowest BCUT2D eigenvalue weighted by Crippen LogP contribution is -2.34. The van der Waals surface area contributed by atoms with Crippen molar-refractivity contribution in [2.24, 2.45) is 5.92 Å². The Hall–Kier alpha value is -3.35. The van der Waals surface area contributed by atoms with E-state index in [9.17, 15) is 19.5 Å². The third-order valence-electron chi connectivity index (χ3n) is 4.25. The van der Waals surface area contributed by atoms with Crippen molar-refractivity contribution in [1.82, 2.24) is 10.6 Å². The molecule has 7 heteroatoms. The molecule has 2 aromatic carbocycles. The number of aryl methyl sites for hydroxylation is 1. The minimum atomic E-state index is -0.956. The van der Waals surface area contributed by atoms with Gasteiger partial charge >= 0.3 is 12.0 Å². The lowest BCUT2D eigenvalue weighted by molar-refractivity contribution is -0.141. The van der Waals surface area contributed by atoms with Crippen molar-refractivity contribution in [3.63, 3.8) is 0 Å². The highest BCUT2D eigenvalue weighted by Gasteiger charge is 2.19. The molecule has 7 nitrogen and oxygen atoms in total. The van der Waals surface area contributed by atoms with Gasteiger partial charge in [-0.2, -0.15) is 0 Å². The van der Waals surface area contributed by atoms with Gasteiger partial charge in [0.15, 0.2) is 0 Å². The van der Waals surface area contributed by atoms with Gasteiger partial charge in [0.05, 0.1) is 5.92 Å². The fourth-order valence-corrected chi connectivity index (χ4v) is 2.82. The molecule has 0 fully saturated rings. The summed E-state index contributed by atoms with van der Waals surface area (Å²) in [6.07, 6.45) is 0.338. The number of hydrogen-bond donors (Lipinski definition) is 4. The highest BCUT2D eigenvalue weighted by atomic mass is 16.4. The molecular weight excluding hydrogens is 370 g/mol. The van der Waals surface area contributed by atoms with Gasteiger partial charge in [-0.25, -0.2) is 4.79 Å². The molecule has 0 spiro atoms. The SMILES string of the molecule is Cc1cccc(CC(CNC(=O)c2ccc(NC(=O)NC(C)C)cc2)C(=O)O)c1. The zero-order chi connectivity index (χ0) is 21.4. The molecule has 1 unspecified atom stereocenters. The summed E-state index contributed by atoms with van der Waals surface area (Å²) in [5.74, 6) is -2.04. The van der Waals surface area contributed by atoms with Crippen molar-refractivity contribution in [3.8, 4) is 0 Å². The highest BCUT2D eigenvalue weighted by Crippen LogP contribution is 2.12. The lowest BCUT2D eigenvalue weighted by Gasteiger charge is -2.14. The summed E-state index contributed by atoms with van der Waals surface area (Å²) in [5.41, 5.74) is 2.93. The maximum atomic E-state index is 12.4. The smallest absolute Gasteiger partial charge is 0.319 e. The zero-order valence-electron chi connectivity index (χ0n) is 16.9. The number of hydrogen-bond acceptors (Lipinski definition) is 3. The van der Waals surface area contributed by atoms with Crippen LogP contribution in [0.2, 0.25) is 0 Å². The van der Waals surface area contributed by atoms with E-state index in [-0.39, 0.29) is 24.5 Å². The molecule has 3 amide bonds. The van der Waals surface area contributed by atoms with Crippen LogP contribution in [-0.2, 0) is 11.2 Å². The summed E-state index contributed by atoms with van der Waals surface area (Å²) < 4.78 is 0. The summed E-state index contributed by atoms with van der Waals surface area (Å²) in [6.45, 7) is 5.69. The molecule has 154 valence electrons. The third kappa shape index (κ3) is 7.29. The molecule has 2 rings (SSSR count). The maximum absolute atomic E-state index is 12.4. The predicted molar refractivity (Wildman–Crippen MR) is 112 cm³/mol. The Morgan fingerprint density at radius 3 is 2.31 bits per heavy atom. The van der Waals surface area contributed by atoms with Crippen molar-refractivity contribution < 1.29 is 19.5 Å². The Morgan fingerprint density at radius 2 is 1.72 bits per heavy atom. The van der Waals surface area contributed by atoms with E-state index in [0.717, 1.165) is 11.1 Å². The van der Waals surface area contributed by atoms with Crippen LogP contribution >= 0.6 is 0 Å². The number of carbonyl (C=O) groups is 3. The number of carboxylic acids is 1. The first-order chi connectivity index (χ1) is 13.7. The van der Waals surface area contributed by atoms with Crippen LogP contribution in [-0.4, -0.2) is 35.6 Å². The molecule has 4 N–H and O–H groups in total. The molecule has 0 aliphatic carbocycles. The van der Waals surface area contributed by atoms with Gasteiger partial charge in [-0.3, -0.25) is 9.59 Å². The van der Waals surface area contributed by atoms with Crippen LogP contribution in [0.4, 0.5) is 10.5 Å². The molecule has 0 aliphatic rings. The first-order valence-electron chi connectivity index (χ1n) is 9.48. The van der Waals surface area contributed by atoms with E-state index in [2.05, 4.69) is 16.0 Å². The van der Waals surface area contributed by atoms with Crippen molar-refractivity contribution in [1.29, 1.82) is 0 Å². The van der Waals surface area contributed by atoms with Crippen LogP contribution in [0.1, 0.15) is 35.3 Å². The molecule has 0 aliphatic heterocycles. The summed E-state index contributed by atoms with van der Waals surface area (Å²) in [4.78, 5) is 35.6. The van der Waals surface area contributed by atoms with Crippen LogP contribution in [0, 0.1) is 12.8 Å². The fourth-order valence-electron chi connectivity index (χ4n) is 2.82. The van der Waals surface area contributed by atoms with Gasteiger partial charge in [-0.15, -0.1) is 0 Å². The van der Waals surface area contributed by atoms with Gasteiger partial charge in [-0.05, 0) is 57.0 Å². The second-order valence-electron chi connectivity index (χ2n) is 7.27. The van der Waals surface area contributed by atoms with E-state index >= 15 is 0 Å². The Labute approximate surface area is 170 Å². The molecule has 0 aromatic heterocycles. The van der Waals surface area contributed by atoms with Crippen molar-refractivity contribution in [2.45, 2.75) is 33.2 Å². The highest BCUT2D eigenvalue weighted by molar-refractivity contribution is 5.95. The summed E-state index contributed by atoms with van der Waals surface area (Å²) >= 11 is 0. The minimum absolute atomic E-state index is 0.0158. The van der Waals surface area contributed by atoms with Crippen LogP contribution in [0.5, 0.6) is 0 Å². The number of rotatable bonds is 8. The van der Waals surface area contributed by atoms with Crippen LogP contribution < -0.4 is 16.0 Å². The van der Waals surface area contributed by atoms with Crippen LogP contribution in [0.15, 0.2) is 48.5 Å². The van der Waals surface area contributed by atoms with Gasteiger partial charge in [0.1, 0.15) is 0 Å². The van der Waals surface area contributed by atoms with E-state index in [1.54, 1.807) is 24.3 Å². The van der Waals surface area contributed by atoms with Crippen molar-refractivity contribution >= 4 is 23.6 Å². The molecule has 0 radical (unpaired) electrons. The van der Waals surface area contributed by atoms with Gasteiger partial charge in [-0.1, -0.05) is 29.8 Å². The normalized spacial score (nSPS) is 11.6. The number of amides is 3. The Kier molecular flexibility index (Phi) is 7.77. The number of carboxylic acid groups (broad SMARTS) is 1. The molecule has 29 heavy (non-hydrogen) atoms. The topological polar surface area (TPSA) is 108 Å². The second kappa shape index (κ2) is 10.3. The molecule has 0 bridgehead atoms. The quantitative estimate of drug-likeness (QED) is 0.549. The third-order valence-corrected chi connectivity index (χ3v) is 4.25. The van der Waals surface area contributed by atoms with E-state index in [1.165, 1.54) is 0 Å². The van der Waals surface area contributed by atoms with Crippen molar-refractivity contribution in [2.75, 3.05) is 11.9 Å². The molecule has 2 aromatic rings. The molecule has 0 saturated carbocycles. The Balaban J connectivity index is 1.92. The number of carbonyl (C=O) groups excluding carboxylic acids is 2. The van der Waals surface area contributed by atoms with Gasteiger partial charge in [0.2, 0.25) is 0 Å². The minimum Gasteiger partial charge on any atom is -0.481 e. The van der Waals surface area contributed by atoms with E-state index in [1.807, 2.05) is 45.0 Å². The fraction of sp³-hybridized carbons (Fsp3) is 0.318. The second-order valence-corrected chi connectivity index (χ2v) is 7.27. The lowest BCUT2D eigenvalue weighted by atomic mass is 9.98. The first-order valence-corrected chi connectivity index (χ1v) is 9.48. The molecular formula is C22H27N3O4. The predicted octanol–water partition coefficient (Wildman–Crippen LogP) is 3.20. The number of nitrogens with one attached hydrogen (secondary N) is 3. The Morgan fingerprint density at radius 1 is 1.03 bits per heavy atom. The number of urea groups is 1. The summed E-state index contributed by atoms with van der Waals surface area (Å²) in [7, 11) is 0. The standard InChI is InChI=1S/C22H27N3O4/c1-14(2)24-22(29)25-19-9-7-17(8-10-19)20(26)23-13-18(21(27)28)12-16-6-4-5-15(3)11-16/h4-11,14,18H,12-13H2,1-3H3,(H,23,26)(H,27,28)(H2,24,25,29). The first kappa shape index (κ1) is 21.9. The largest absolute Gasteiger partial charge is 0.481 e. The monoisotopic (exact) mass is 397 g/mol. The number of benzene rings is 2. The van der Waals surface area contributed by atoms with Crippen LogP contribution in [0.25, 0.3) is 0 Å². The van der Waals surface area contributed by atoms with Gasteiger partial charge in [0.25, 0.3) is 5.91 Å². The average Bonchev–Trinajstić information content (AvgIpc) is 2.64. The van der Waals surface area contributed by atoms with E-state index in [4.69, 9.17) is 0 Å². The maximum Gasteiger partial charge on any atom is 0.319 e. The van der Waals surface area contributed by atoms with Gasteiger partial charge < -0.3 is 21.1 Å². The van der Waals surface area contributed by atoms with Crippen LogP contribution in [0.3, 0.4) is 0 Å². The summed E-state index contributed by atoms with van der Waals surface area (Å²) in [6, 6.07) is 13.8.